The van der Waals surface area contributed by atoms with Crippen LogP contribution < -0.4 is 5.32 Å². The molecule has 0 heterocycles. The lowest BCUT2D eigenvalue weighted by Crippen LogP contribution is -2.36. The van der Waals surface area contributed by atoms with Crippen LogP contribution in [-0.4, -0.2) is 22.8 Å². The summed E-state index contributed by atoms with van der Waals surface area (Å²) in [7, 11) is 0. The Balaban J connectivity index is 2.35. The predicted molar refractivity (Wildman–Crippen MR) is 96.2 cm³/mol. The lowest BCUT2D eigenvalue weighted by molar-refractivity contribution is -0.137. The number of carbonyl (C=O) groups is 2. The van der Waals surface area contributed by atoms with Gasteiger partial charge in [-0.15, -0.1) is 0 Å². The number of hydrogen-bond donors (Lipinski definition) is 2. The minimum Gasteiger partial charge on any atom is -0.481 e. The summed E-state index contributed by atoms with van der Waals surface area (Å²) < 4.78 is 5.27. The molecule has 5 heteroatoms. The van der Waals surface area contributed by atoms with Gasteiger partial charge in [0.05, 0.1) is 12.5 Å². The molecule has 132 valence electrons. The van der Waals surface area contributed by atoms with Gasteiger partial charge in [-0.2, -0.15) is 0 Å². The molecule has 0 saturated heterocycles. The summed E-state index contributed by atoms with van der Waals surface area (Å²) in [5.74, 6) is -0.996. The molecule has 2 aromatic carbocycles. The first-order valence-corrected chi connectivity index (χ1v) is 8.12. The zero-order chi connectivity index (χ0) is 18.4. The number of nitrogens with one attached hydrogen (secondary N) is 1. The molecule has 0 radical (unpaired) electrons. The van der Waals surface area contributed by atoms with Gasteiger partial charge < -0.3 is 15.2 Å². The van der Waals surface area contributed by atoms with Crippen molar-refractivity contribution in [2.24, 2.45) is 0 Å². The Hall–Kier alpha value is -2.82. The lowest BCUT2D eigenvalue weighted by Gasteiger charge is -2.24. The van der Waals surface area contributed by atoms with E-state index in [0.717, 1.165) is 16.7 Å². The van der Waals surface area contributed by atoms with E-state index in [1.54, 1.807) is 20.8 Å². The van der Waals surface area contributed by atoms with Crippen molar-refractivity contribution < 1.29 is 19.4 Å². The zero-order valence-electron chi connectivity index (χ0n) is 14.7. The molecule has 0 aromatic heterocycles. The third kappa shape index (κ3) is 5.64. The average molecular weight is 341 g/mol. The summed E-state index contributed by atoms with van der Waals surface area (Å²) in [5, 5.41) is 11.9. The fourth-order valence-corrected chi connectivity index (χ4v) is 2.54. The van der Waals surface area contributed by atoms with Crippen LogP contribution in [0.4, 0.5) is 4.79 Å². The number of alkyl carbamates (subject to hydrolysis) is 1. The molecular weight excluding hydrogens is 318 g/mol. The summed E-state index contributed by atoms with van der Waals surface area (Å²) in [6.45, 7) is 5.28. The molecule has 1 unspecified atom stereocenters. The highest BCUT2D eigenvalue weighted by Crippen LogP contribution is 2.30. The number of carboxylic acids is 1. The molecule has 0 fully saturated rings. The van der Waals surface area contributed by atoms with E-state index in [4.69, 9.17) is 4.74 Å². The van der Waals surface area contributed by atoms with Gasteiger partial charge in [-0.1, -0.05) is 54.6 Å². The van der Waals surface area contributed by atoms with Gasteiger partial charge in [0.25, 0.3) is 0 Å². The van der Waals surface area contributed by atoms with Gasteiger partial charge >= 0.3 is 12.1 Å². The molecule has 1 atom stereocenters. The van der Waals surface area contributed by atoms with Gasteiger partial charge in [0.2, 0.25) is 0 Å². The Bertz CT molecular complexity index is 735. The van der Waals surface area contributed by atoms with Gasteiger partial charge in [-0.05, 0) is 37.5 Å². The highest BCUT2D eigenvalue weighted by molar-refractivity contribution is 5.75. The van der Waals surface area contributed by atoms with Gasteiger partial charge in [-0.25, -0.2) is 4.79 Å². The van der Waals surface area contributed by atoms with Crippen LogP contribution >= 0.6 is 0 Å². The maximum absolute atomic E-state index is 12.1. The normalized spacial score (nSPS) is 12.3. The Morgan fingerprint density at radius 2 is 1.64 bits per heavy atom. The minimum atomic E-state index is -0.996. The number of hydrogen-bond acceptors (Lipinski definition) is 3. The number of carboxylic acid groups (broad SMARTS) is 1. The summed E-state index contributed by atoms with van der Waals surface area (Å²) >= 11 is 0. The van der Waals surface area contributed by atoms with Gasteiger partial charge in [0.15, 0.2) is 0 Å². The van der Waals surface area contributed by atoms with Crippen LogP contribution in [0.2, 0.25) is 0 Å². The second kappa shape index (κ2) is 7.83. The Labute approximate surface area is 147 Å². The predicted octanol–water partition coefficient (Wildman–Crippen LogP) is 4.39. The third-order valence-corrected chi connectivity index (χ3v) is 3.49. The molecule has 0 aliphatic carbocycles. The summed E-state index contributed by atoms with van der Waals surface area (Å²) in [6.07, 6.45) is -0.870. The number of benzene rings is 2. The molecule has 5 nitrogen and oxygen atoms in total. The van der Waals surface area contributed by atoms with Crippen molar-refractivity contribution in [2.75, 3.05) is 0 Å². The fraction of sp³-hybridized carbons (Fsp3) is 0.300. The second-order valence-electron chi connectivity index (χ2n) is 6.75. The smallest absolute Gasteiger partial charge is 0.408 e. The number of carbonyl (C=O) groups excluding carboxylic acids is 1. The third-order valence-electron chi connectivity index (χ3n) is 3.49. The first kappa shape index (κ1) is 18.5. The summed E-state index contributed by atoms with van der Waals surface area (Å²) in [5.41, 5.74) is 1.92. The Morgan fingerprint density at radius 1 is 1.04 bits per heavy atom. The second-order valence-corrected chi connectivity index (χ2v) is 6.75. The zero-order valence-corrected chi connectivity index (χ0v) is 14.7. The number of aliphatic carboxylic acids is 1. The molecule has 0 spiro atoms. The van der Waals surface area contributed by atoms with E-state index in [1.807, 2.05) is 54.6 Å². The molecule has 2 rings (SSSR count). The van der Waals surface area contributed by atoms with E-state index >= 15 is 0 Å². The van der Waals surface area contributed by atoms with Crippen LogP contribution in [0.25, 0.3) is 11.1 Å². The van der Waals surface area contributed by atoms with E-state index in [9.17, 15) is 14.7 Å². The largest absolute Gasteiger partial charge is 0.481 e. The van der Waals surface area contributed by atoms with Crippen LogP contribution in [0.15, 0.2) is 54.6 Å². The van der Waals surface area contributed by atoms with Crippen LogP contribution in [0.1, 0.15) is 38.8 Å². The van der Waals surface area contributed by atoms with Crippen molar-refractivity contribution in [3.05, 3.63) is 60.2 Å². The number of amides is 1. The van der Waals surface area contributed by atoms with E-state index in [0.29, 0.717) is 0 Å². The highest BCUT2D eigenvalue weighted by Gasteiger charge is 2.24. The molecule has 2 N–H and O–H groups in total. The van der Waals surface area contributed by atoms with Crippen LogP contribution in [-0.2, 0) is 9.53 Å². The van der Waals surface area contributed by atoms with Crippen molar-refractivity contribution in [3.63, 3.8) is 0 Å². The lowest BCUT2D eigenvalue weighted by atomic mass is 9.93. The standard InChI is InChI=1S/C20H23NO4/c1-20(2,3)25-19(24)21-17(13-18(22)23)16-12-8-7-11-15(16)14-9-5-4-6-10-14/h4-12,17H,13H2,1-3H3,(H,21,24)(H,22,23). The molecule has 25 heavy (non-hydrogen) atoms. The topological polar surface area (TPSA) is 75.6 Å². The van der Waals surface area contributed by atoms with E-state index in [1.165, 1.54) is 0 Å². The number of rotatable bonds is 5. The van der Waals surface area contributed by atoms with Crippen LogP contribution in [0.3, 0.4) is 0 Å². The summed E-state index contributed by atoms with van der Waals surface area (Å²) in [6, 6.07) is 16.4. The molecular formula is C20H23NO4. The average Bonchev–Trinajstić information content (AvgIpc) is 2.53. The molecule has 0 saturated carbocycles. The quantitative estimate of drug-likeness (QED) is 0.845. The van der Waals surface area contributed by atoms with Crippen LogP contribution in [0.5, 0.6) is 0 Å². The van der Waals surface area contributed by atoms with E-state index < -0.39 is 23.7 Å². The maximum atomic E-state index is 12.1. The Morgan fingerprint density at radius 3 is 2.24 bits per heavy atom. The maximum Gasteiger partial charge on any atom is 0.408 e. The van der Waals surface area contributed by atoms with Gasteiger partial charge in [0, 0.05) is 0 Å². The monoisotopic (exact) mass is 341 g/mol. The first-order chi connectivity index (χ1) is 11.8. The van der Waals surface area contributed by atoms with Crippen molar-refractivity contribution in [1.29, 1.82) is 0 Å². The highest BCUT2D eigenvalue weighted by atomic mass is 16.6. The minimum absolute atomic E-state index is 0.233. The van der Waals surface area contributed by atoms with Crippen molar-refractivity contribution in [1.82, 2.24) is 5.32 Å². The molecule has 0 aliphatic heterocycles. The van der Waals surface area contributed by atoms with Crippen LogP contribution in [0, 0.1) is 0 Å². The summed E-state index contributed by atoms with van der Waals surface area (Å²) in [4.78, 5) is 23.5. The van der Waals surface area contributed by atoms with E-state index in [-0.39, 0.29) is 6.42 Å². The number of ether oxygens (including phenoxy) is 1. The van der Waals surface area contributed by atoms with Gasteiger partial charge in [0.1, 0.15) is 5.60 Å². The van der Waals surface area contributed by atoms with Crippen molar-refractivity contribution in [3.8, 4) is 11.1 Å². The molecule has 1 amide bonds. The SMILES string of the molecule is CC(C)(C)OC(=O)NC(CC(=O)O)c1ccccc1-c1ccccc1. The fourth-order valence-electron chi connectivity index (χ4n) is 2.54. The first-order valence-electron chi connectivity index (χ1n) is 8.12. The van der Waals surface area contributed by atoms with Crippen molar-refractivity contribution >= 4 is 12.1 Å². The van der Waals surface area contributed by atoms with Crippen molar-refractivity contribution in [2.45, 2.75) is 38.8 Å². The van der Waals surface area contributed by atoms with Gasteiger partial charge in [-0.3, -0.25) is 4.79 Å². The van der Waals surface area contributed by atoms with E-state index in [2.05, 4.69) is 5.32 Å². The Kier molecular flexibility index (Phi) is 5.80. The molecule has 2 aromatic rings. The molecule has 0 bridgehead atoms. The molecule has 0 aliphatic rings.